The summed E-state index contributed by atoms with van der Waals surface area (Å²) in [6.07, 6.45) is 3.88. The molecule has 0 fully saturated rings. The summed E-state index contributed by atoms with van der Waals surface area (Å²) in [5, 5.41) is 12.4. The van der Waals surface area contributed by atoms with E-state index in [2.05, 4.69) is 5.32 Å². The smallest absolute Gasteiger partial charge is 0.244 e. The van der Waals surface area contributed by atoms with E-state index in [1.54, 1.807) is 18.2 Å². The zero-order valence-corrected chi connectivity index (χ0v) is 13.2. The Hall–Kier alpha value is -2.53. The highest BCUT2D eigenvalue weighted by atomic mass is 16.5. The molecular weight excluding hydrogens is 294 g/mol. The van der Waals surface area contributed by atoms with Crippen molar-refractivity contribution in [2.24, 2.45) is 0 Å². The van der Waals surface area contributed by atoms with Crippen LogP contribution < -0.4 is 10.1 Å². The molecule has 0 spiro atoms. The summed E-state index contributed by atoms with van der Waals surface area (Å²) in [5.41, 5.74) is 0.892. The molecule has 122 valence electrons. The van der Waals surface area contributed by atoms with Gasteiger partial charge in [-0.05, 0) is 49.8 Å². The fourth-order valence-electron chi connectivity index (χ4n) is 1.94. The quantitative estimate of drug-likeness (QED) is 0.771. The first kappa shape index (κ1) is 16.8. The number of carbonyl (C=O) groups is 1. The van der Waals surface area contributed by atoms with Crippen LogP contribution >= 0.6 is 0 Å². The molecule has 0 aliphatic rings. The molecule has 2 N–H and O–H groups in total. The van der Waals surface area contributed by atoms with E-state index in [4.69, 9.17) is 9.15 Å². The van der Waals surface area contributed by atoms with E-state index >= 15 is 0 Å². The molecular formula is C18H21NO4. The van der Waals surface area contributed by atoms with Crippen molar-refractivity contribution in [3.8, 4) is 5.75 Å². The van der Waals surface area contributed by atoms with Crippen molar-refractivity contribution in [1.29, 1.82) is 0 Å². The van der Waals surface area contributed by atoms with Gasteiger partial charge in [0.05, 0.1) is 18.9 Å². The highest BCUT2D eigenvalue weighted by Gasteiger charge is 2.10. The lowest BCUT2D eigenvalue weighted by Gasteiger charge is -2.09. The number of benzene rings is 1. The lowest BCUT2D eigenvalue weighted by molar-refractivity contribution is -0.116. The number of carbonyl (C=O) groups excluding carboxylic acids is 1. The van der Waals surface area contributed by atoms with Crippen LogP contribution in [-0.2, 0) is 4.79 Å². The lowest BCUT2D eigenvalue weighted by Crippen LogP contribution is -2.26. The van der Waals surface area contributed by atoms with Crippen LogP contribution in [0.3, 0.4) is 0 Å². The number of ether oxygens (including phenoxy) is 1. The van der Waals surface area contributed by atoms with Crippen molar-refractivity contribution >= 4 is 12.0 Å². The van der Waals surface area contributed by atoms with Crippen molar-refractivity contribution in [2.75, 3.05) is 6.54 Å². The van der Waals surface area contributed by atoms with E-state index in [1.807, 2.05) is 38.1 Å². The van der Waals surface area contributed by atoms with Crippen LogP contribution in [0.15, 0.2) is 53.2 Å². The summed E-state index contributed by atoms with van der Waals surface area (Å²) in [6, 6.07) is 10.8. The number of aliphatic hydroxyl groups is 1. The second-order valence-corrected chi connectivity index (χ2v) is 5.35. The number of hydrogen-bond donors (Lipinski definition) is 2. The molecule has 1 aromatic heterocycles. The number of amides is 1. The number of rotatable bonds is 7. The summed E-state index contributed by atoms with van der Waals surface area (Å²) in [5.74, 6) is 0.941. The zero-order chi connectivity index (χ0) is 16.7. The maximum absolute atomic E-state index is 11.7. The first-order valence-corrected chi connectivity index (χ1v) is 7.48. The van der Waals surface area contributed by atoms with Crippen LogP contribution in [0.5, 0.6) is 5.75 Å². The SMILES string of the molecule is CC(C)Oc1ccc(/C=C/C(=O)NCC(O)c2ccco2)cc1. The minimum atomic E-state index is -0.852. The second-order valence-electron chi connectivity index (χ2n) is 5.35. The van der Waals surface area contributed by atoms with Crippen molar-refractivity contribution in [1.82, 2.24) is 5.32 Å². The van der Waals surface area contributed by atoms with Crippen LogP contribution in [0.25, 0.3) is 6.08 Å². The fourth-order valence-corrected chi connectivity index (χ4v) is 1.94. The highest BCUT2D eigenvalue weighted by molar-refractivity contribution is 5.91. The average molecular weight is 315 g/mol. The first-order valence-electron chi connectivity index (χ1n) is 7.48. The van der Waals surface area contributed by atoms with Gasteiger partial charge in [-0.1, -0.05) is 12.1 Å². The van der Waals surface area contributed by atoms with Gasteiger partial charge in [-0.15, -0.1) is 0 Å². The average Bonchev–Trinajstić information content (AvgIpc) is 3.06. The minimum absolute atomic E-state index is 0.0951. The summed E-state index contributed by atoms with van der Waals surface area (Å²) in [6.45, 7) is 4.03. The van der Waals surface area contributed by atoms with Gasteiger partial charge in [-0.2, -0.15) is 0 Å². The van der Waals surface area contributed by atoms with Gasteiger partial charge in [-0.25, -0.2) is 0 Å². The molecule has 0 saturated carbocycles. The van der Waals surface area contributed by atoms with Gasteiger partial charge in [-0.3, -0.25) is 4.79 Å². The van der Waals surface area contributed by atoms with E-state index in [9.17, 15) is 9.90 Å². The molecule has 0 bridgehead atoms. The molecule has 0 aliphatic heterocycles. The van der Waals surface area contributed by atoms with E-state index < -0.39 is 6.10 Å². The molecule has 23 heavy (non-hydrogen) atoms. The van der Waals surface area contributed by atoms with Gasteiger partial charge in [0.2, 0.25) is 5.91 Å². The Kier molecular flexibility index (Phi) is 6.00. The third-order valence-electron chi connectivity index (χ3n) is 3.02. The van der Waals surface area contributed by atoms with Gasteiger partial charge in [0.25, 0.3) is 0 Å². The van der Waals surface area contributed by atoms with Crippen LogP contribution in [0.4, 0.5) is 0 Å². The van der Waals surface area contributed by atoms with Crippen LogP contribution in [0.1, 0.15) is 31.3 Å². The molecule has 1 amide bonds. The van der Waals surface area contributed by atoms with E-state index in [1.165, 1.54) is 12.3 Å². The van der Waals surface area contributed by atoms with Crippen LogP contribution in [0, 0.1) is 0 Å². The molecule has 1 unspecified atom stereocenters. The molecule has 0 radical (unpaired) electrons. The second kappa shape index (κ2) is 8.19. The lowest BCUT2D eigenvalue weighted by atomic mass is 10.2. The molecule has 1 atom stereocenters. The highest BCUT2D eigenvalue weighted by Crippen LogP contribution is 2.15. The molecule has 5 nitrogen and oxygen atoms in total. The van der Waals surface area contributed by atoms with Gasteiger partial charge in [0.15, 0.2) is 0 Å². The monoisotopic (exact) mass is 315 g/mol. The fraction of sp³-hybridized carbons (Fsp3) is 0.278. The normalized spacial score (nSPS) is 12.5. The minimum Gasteiger partial charge on any atom is -0.491 e. The standard InChI is InChI=1S/C18H21NO4/c1-13(2)23-15-8-5-14(6-9-15)7-10-18(21)19-12-16(20)17-4-3-11-22-17/h3-11,13,16,20H,12H2,1-2H3,(H,19,21)/b10-7+. The predicted molar refractivity (Wildman–Crippen MR) is 87.9 cm³/mol. The Morgan fingerprint density at radius 1 is 1.30 bits per heavy atom. The molecule has 0 aliphatic carbocycles. The predicted octanol–water partition coefficient (Wildman–Crippen LogP) is 2.93. The Balaban J connectivity index is 1.81. The van der Waals surface area contributed by atoms with Crippen LogP contribution in [0.2, 0.25) is 0 Å². The number of aliphatic hydroxyl groups excluding tert-OH is 1. The number of nitrogens with one attached hydrogen (secondary N) is 1. The first-order chi connectivity index (χ1) is 11.0. The molecule has 1 aromatic carbocycles. The largest absolute Gasteiger partial charge is 0.491 e. The van der Waals surface area contributed by atoms with Gasteiger partial charge in [0, 0.05) is 6.08 Å². The van der Waals surface area contributed by atoms with E-state index in [0.717, 1.165) is 11.3 Å². The van der Waals surface area contributed by atoms with Crippen molar-refractivity contribution in [2.45, 2.75) is 26.1 Å². The van der Waals surface area contributed by atoms with Crippen LogP contribution in [-0.4, -0.2) is 23.7 Å². The topological polar surface area (TPSA) is 71.7 Å². The molecule has 1 heterocycles. The molecule has 2 aromatic rings. The van der Waals surface area contributed by atoms with Gasteiger partial charge < -0.3 is 19.6 Å². The summed E-state index contributed by atoms with van der Waals surface area (Å²) < 4.78 is 10.6. The molecule has 5 heteroatoms. The Bertz CT molecular complexity index is 630. The van der Waals surface area contributed by atoms with Crippen molar-refractivity contribution < 1.29 is 19.1 Å². The summed E-state index contributed by atoms with van der Waals surface area (Å²) in [4.78, 5) is 11.7. The van der Waals surface area contributed by atoms with Crippen molar-refractivity contribution in [3.63, 3.8) is 0 Å². The summed E-state index contributed by atoms with van der Waals surface area (Å²) >= 11 is 0. The molecule has 0 saturated heterocycles. The third kappa shape index (κ3) is 5.64. The maximum Gasteiger partial charge on any atom is 0.244 e. The van der Waals surface area contributed by atoms with E-state index in [0.29, 0.717) is 5.76 Å². The molecule has 2 rings (SSSR count). The number of hydrogen-bond acceptors (Lipinski definition) is 4. The van der Waals surface area contributed by atoms with Gasteiger partial charge >= 0.3 is 0 Å². The number of furan rings is 1. The zero-order valence-electron chi connectivity index (χ0n) is 13.2. The maximum atomic E-state index is 11.7. The third-order valence-corrected chi connectivity index (χ3v) is 3.02. The van der Waals surface area contributed by atoms with Crippen molar-refractivity contribution in [3.05, 3.63) is 60.1 Å². The van der Waals surface area contributed by atoms with Gasteiger partial charge in [0.1, 0.15) is 17.6 Å². The van der Waals surface area contributed by atoms with E-state index in [-0.39, 0.29) is 18.6 Å². The summed E-state index contributed by atoms with van der Waals surface area (Å²) in [7, 11) is 0. The Morgan fingerprint density at radius 3 is 2.65 bits per heavy atom. The Labute approximate surface area is 135 Å². The Morgan fingerprint density at radius 2 is 2.04 bits per heavy atom.